The zero-order chi connectivity index (χ0) is 22.9. The fraction of sp³-hybridized carbons (Fsp3) is 0.231. The number of hydrogen-bond donors (Lipinski definition) is 0. The van der Waals surface area contributed by atoms with E-state index in [2.05, 4.69) is 23.3 Å². The van der Waals surface area contributed by atoms with Crippen molar-refractivity contribution in [2.75, 3.05) is 11.4 Å². The lowest BCUT2D eigenvalue weighted by Gasteiger charge is -2.22. The second-order valence-corrected chi connectivity index (χ2v) is 8.11. The van der Waals surface area contributed by atoms with E-state index in [0.29, 0.717) is 34.3 Å². The quantitative estimate of drug-likeness (QED) is 0.468. The summed E-state index contributed by atoms with van der Waals surface area (Å²) in [7, 11) is 0. The molecule has 2 heterocycles. The third-order valence-corrected chi connectivity index (χ3v) is 6.13. The molecule has 0 unspecified atom stereocenters. The summed E-state index contributed by atoms with van der Waals surface area (Å²) in [6, 6.07) is 16.8. The summed E-state index contributed by atoms with van der Waals surface area (Å²) in [5, 5.41) is 14.1. The topological polar surface area (TPSA) is 92.1 Å². The largest absolute Gasteiger partial charge is 0.462 e. The summed E-state index contributed by atoms with van der Waals surface area (Å²) in [5.74, 6) is -0.218. The summed E-state index contributed by atoms with van der Waals surface area (Å²) >= 11 is 0. The Bertz CT molecular complexity index is 1480. The number of aryl methyl sites for hydroxylation is 2. The number of carbonyl (C=O) groups excluding carboxylic acids is 1. The van der Waals surface area contributed by atoms with Crippen LogP contribution >= 0.6 is 0 Å². The minimum Gasteiger partial charge on any atom is -0.462 e. The summed E-state index contributed by atoms with van der Waals surface area (Å²) in [4.78, 5) is 28.0. The number of furan rings is 1. The molecule has 7 nitrogen and oxygen atoms in total. The van der Waals surface area contributed by atoms with Gasteiger partial charge in [0.05, 0.1) is 23.3 Å². The standard InChI is InChI=1S/C26H22N4O3/c1-2-29(21-10-9-18-6-4-7-19(18)14-21)23(31)16-30-26(32)22-11-12-33-25(22)24(28-30)20-8-3-5-17(13-20)15-27/h3,5,8-14H,2,4,6-7,16H2,1H3. The van der Waals surface area contributed by atoms with Crippen LogP contribution in [0.1, 0.15) is 30.0 Å². The molecule has 164 valence electrons. The van der Waals surface area contributed by atoms with Gasteiger partial charge in [0.2, 0.25) is 5.91 Å². The Balaban J connectivity index is 1.53. The minimum atomic E-state index is -0.391. The average molecular weight is 438 g/mol. The molecular weight excluding hydrogens is 416 g/mol. The number of anilines is 1. The average Bonchev–Trinajstić information content (AvgIpc) is 3.51. The predicted molar refractivity (Wildman–Crippen MR) is 125 cm³/mol. The fourth-order valence-electron chi connectivity index (χ4n) is 4.49. The number of nitrogens with zero attached hydrogens (tertiary/aromatic N) is 4. The normalized spacial score (nSPS) is 12.5. The van der Waals surface area contributed by atoms with Crippen LogP contribution in [0.4, 0.5) is 5.69 Å². The number of carbonyl (C=O) groups is 1. The van der Waals surface area contributed by atoms with Crippen molar-refractivity contribution < 1.29 is 9.21 Å². The maximum Gasteiger partial charge on any atom is 0.278 e. The van der Waals surface area contributed by atoms with Gasteiger partial charge in [-0.2, -0.15) is 10.4 Å². The summed E-state index contributed by atoms with van der Waals surface area (Å²) in [6.07, 6.45) is 4.67. The molecular formula is C26H22N4O3. The van der Waals surface area contributed by atoms with Gasteiger partial charge in [0.15, 0.2) is 5.58 Å². The van der Waals surface area contributed by atoms with Crippen molar-refractivity contribution in [3.05, 3.63) is 81.8 Å². The summed E-state index contributed by atoms with van der Waals surface area (Å²) in [6.45, 7) is 2.20. The van der Waals surface area contributed by atoms with Crippen LogP contribution < -0.4 is 10.5 Å². The van der Waals surface area contributed by atoms with Gasteiger partial charge in [0, 0.05) is 17.8 Å². The van der Waals surface area contributed by atoms with Crippen LogP contribution in [0.2, 0.25) is 0 Å². The SMILES string of the molecule is CCN(C(=O)Cn1nc(-c2cccc(C#N)c2)c2occc2c1=O)c1ccc2c(c1)CCC2. The van der Waals surface area contributed by atoms with Gasteiger partial charge in [0.1, 0.15) is 12.2 Å². The van der Waals surface area contributed by atoms with E-state index in [0.717, 1.165) is 24.9 Å². The first-order chi connectivity index (χ1) is 16.1. The maximum absolute atomic E-state index is 13.3. The van der Waals surface area contributed by atoms with Gasteiger partial charge in [-0.1, -0.05) is 18.2 Å². The molecule has 0 radical (unpaired) electrons. The highest BCUT2D eigenvalue weighted by molar-refractivity contribution is 5.94. The van der Waals surface area contributed by atoms with E-state index < -0.39 is 5.56 Å². The Morgan fingerprint density at radius 2 is 2.03 bits per heavy atom. The van der Waals surface area contributed by atoms with Crippen LogP contribution in [0.15, 0.2) is 64.0 Å². The lowest BCUT2D eigenvalue weighted by Crippen LogP contribution is -2.37. The highest BCUT2D eigenvalue weighted by atomic mass is 16.3. The molecule has 1 aliphatic carbocycles. The first-order valence-electron chi connectivity index (χ1n) is 11.0. The molecule has 0 aliphatic heterocycles. The molecule has 0 spiro atoms. The third kappa shape index (κ3) is 3.70. The molecule has 33 heavy (non-hydrogen) atoms. The fourth-order valence-corrected chi connectivity index (χ4v) is 4.49. The zero-order valence-electron chi connectivity index (χ0n) is 18.2. The van der Waals surface area contributed by atoms with Crippen LogP contribution in [0, 0.1) is 11.3 Å². The zero-order valence-corrected chi connectivity index (χ0v) is 18.2. The van der Waals surface area contributed by atoms with Gasteiger partial charge in [-0.05, 0) is 67.6 Å². The Morgan fingerprint density at radius 3 is 2.85 bits per heavy atom. The van der Waals surface area contributed by atoms with E-state index in [1.165, 1.54) is 22.1 Å². The second-order valence-electron chi connectivity index (χ2n) is 8.11. The molecule has 4 aromatic rings. The molecule has 1 amide bonds. The number of benzene rings is 2. The molecule has 2 aromatic heterocycles. The summed E-state index contributed by atoms with van der Waals surface area (Å²) in [5.41, 5.74) is 4.94. The first-order valence-corrected chi connectivity index (χ1v) is 11.0. The molecule has 0 bridgehead atoms. The van der Waals surface area contributed by atoms with Crippen LogP contribution in [0.5, 0.6) is 0 Å². The number of nitriles is 1. The number of hydrogen-bond acceptors (Lipinski definition) is 5. The van der Waals surface area contributed by atoms with Gasteiger partial charge in [-0.25, -0.2) is 4.68 Å². The van der Waals surface area contributed by atoms with Crippen molar-refractivity contribution in [2.24, 2.45) is 0 Å². The van der Waals surface area contributed by atoms with E-state index in [4.69, 9.17) is 4.42 Å². The van der Waals surface area contributed by atoms with Crippen LogP contribution in [0.3, 0.4) is 0 Å². The number of amides is 1. The van der Waals surface area contributed by atoms with Crippen molar-refractivity contribution in [2.45, 2.75) is 32.7 Å². The van der Waals surface area contributed by atoms with Gasteiger partial charge in [0.25, 0.3) is 5.56 Å². The smallest absolute Gasteiger partial charge is 0.278 e. The molecule has 2 aromatic carbocycles. The van der Waals surface area contributed by atoms with E-state index in [-0.39, 0.29) is 12.5 Å². The van der Waals surface area contributed by atoms with Gasteiger partial charge in [-0.3, -0.25) is 9.59 Å². The monoisotopic (exact) mass is 438 g/mol. The molecule has 0 fully saturated rings. The molecule has 5 rings (SSSR count). The van der Waals surface area contributed by atoms with Crippen molar-refractivity contribution in [3.63, 3.8) is 0 Å². The minimum absolute atomic E-state index is 0.199. The summed E-state index contributed by atoms with van der Waals surface area (Å²) < 4.78 is 6.73. The molecule has 0 saturated carbocycles. The van der Waals surface area contributed by atoms with Gasteiger partial charge in [-0.15, -0.1) is 0 Å². The van der Waals surface area contributed by atoms with E-state index in [9.17, 15) is 14.9 Å². The molecule has 0 atom stereocenters. The van der Waals surface area contributed by atoms with Crippen molar-refractivity contribution in [3.8, 4) is 17.3 Å². The first kappa shape index (κ1) is 20.7. The predicted octanol–water partition coefficient (Wildman–Crippen LogP) is 4.07. The van der Waals surface area contributed by atoms with E-state index in [1.807, 2.05) is 13.0 Å². The second kappa shape index (κ2) is 8.40. The Labute approximate surface area is 190 Å². The maximum atomic E-state index is 13.3. The highest BCUT2D eigenvalue weighted by Gasteiger charge is 2.21. The lowest BCUT2D eigenvalue weighted by atomic mass is 10.1. The van der Waals surface area contributed by atoms with Crippen LogP contribution in [-0.4, -0.2) is 22.2 Å². The van der Waals surface area contributed by atoms with Crippen LogP contribution in [-0.2, 0) is 24.2 Å². The molecule has 7 heteroatoms. The van der Waals surface area contributed by atoms with Crippen molar-refractivity contribution >= 4 is 22.6 Å². The highest BCUT2D eigenvalue weighted by Crippen LogP contribution is 2.28. The number of aromatic nitrogens is 2. The number of fused-ring (bicyclic) bond motifs is 2. The molecule has 0 saturated heterocycles. The number of rotatable bonds is 5. The van der Waals surface area contributed by atoms with Crippen LogP contribution in [0.25, 0.3) is 22.2 Å². The van der Waals surface area contributed by atoms with Gasteiger partial charge < -0.3 is 9.32 Å². The Kier molecular flexibility index (Phi) is 5.27. The Hall–Kier alpha value is -4.18. The third-order valence-electron chi connectivity index (χ3n) is 6.13. The molecule has 1 aliphatic rings. The number of likely N-dealkylation sites (N-methyl/N-ethyl adjacent to an activating group) is 1. The van der Waals surface area contributed by atoms with E-state index in [1.54, 1.807) is 35.2 Å². The molecule has 0 N–H and O–H groups in total. The lowest BCUT2D eigenvalue weighted by molar-refractivity contribution is -0.119. The van der Waals surface area contributed by atoms with Crippen molar-refractivity contribution in [1.82, 2.24) is 9.78 Å². The van der Waals surface area contributed by atoms with Gasteiger partial charge >= 0.3 is 0 Å². The van der Waals surface area contributed by atoms with E-state index >= 15 is 0 Å². The van der Waals surface area contributed by atoms with Crippen molar-refractivity contribution in [1.29, 1.82) is 5.26 Å². The Morgan fingerprint density at radius 1 is 1.18 bits per heavy atom.